The van der Waals surface area contributed by atoms with Crippen molar-refractivity contribution in [3.63, 3.8) is 0 Å². The van der Waals surface area contributed by atoms with Gasteiger partial charge in [-0.3, -0.25) is 0 Å². The second-order valence-corrected chi connectivity index (χ2v) is 4.88. The van der Waals surface area contributed by atoms with Crippen LogP contribution >= 0.6 is 0 Å². The topological polar surface area (TPSA) is 43.3 Å². The minimum atomic E-state index is 0.0922. The predicted molar refractivity (Wildman–Crippen MR) is 61.8 cm³/mol. The van der Waals surface area contributed by atoms with Crippen molar-refractivity contribution in [2.24, 2.45) is 5.73 Å². The molecule has 0 unspecified atom stereocenters. The lowest BCUT2D eigenvalue weighted by atomic mass is 9.93. The first-order valence-corrected chi connectivity index (χ1v) is 5.19. The molecule has 3 nitrogen and oxygen atoms in total. The first-order valence-electron chi connectivity index (χ1n) is 5.19. The van der Waals surface area contributed by atoms with Gasteiger partial charge in [0.2, 0.25) is 0 Å². The number of rotatable bonds is 1. The van der Waals surface area contributed by atoms with Crippen LogP contribution in [0.3, 0.4) is 0 Å². The van der Waals surface area contributed by atoms with E-state index in [0.717, 1.165) is 16.9 Å². The molecule has 0 radical (unpaired) electrons. The van der Waals surface area contributed by atoms with E-state index < -0.39 is 0 Å². The van der Waals surface area contributed by atoms with Crippen LogP contribution in [0.2, 0.25) is 0 Å². The standard InChI is InChI=1S/C12H17N3/c1-12(2,3)10-8-15-7-9(6-13)4-5-11(15)14-10/h4-5,7-8H,6,13H2,1-3H3. The molecule has 3 heteroatoms. The Morgan fingerprint density at radius 1 is 1.27 bits per heavy atom. The summed E-state index contributed by atoms with van der Waals surface area (Å²) in [5, 5.41) is 0. The van der Waals surface area contributed by atoms with E-state index in [-0.39, 0.29) is 5.41 Å². The second-order valence-electron chi connectivity index (χ2n) is 4.88. The molecule has 2 heterocycles. The van der Waals surface area contributed by atoms with Gasteiger partial charge in [-0.25, -0.2) is 4.98 Å². The molecule has 2 aromatic rings. The molecule has 0 saturated carbocycles. The molecule has 0 aliphatic carbocycles. The van der Waals surface area contributed by atoms with E-state index >= 15 is 0 Å². The van der Waals surface area contributed by atoms with Crippen LogP contribution in [0.15, 0.2) is 24.5 Å². The Morgan fingerprint density at radius 2 is 2.00 bits per heavy atom. The molecule has 2 N–H and O–H groups in total. The first-order chi connectivity index (χ1) is 7.00. The number of nitrogens with two attached hydrogens (primary N) is 1. The number of hydrogen-bond donors (Lipinski definition) is 1. The van der Waals surface area contributed by atoms with Crippen LogP contribution in [-0.4, -0.2) is 9.38 Å². The van der Waals surface area contributed by atoms with E-state index in [1.807, 2.05) is 22.7 Å². The Kier molecular flexibility index (Phi) is 2.27. The highest BCUT2D eigenvalue weighted by Crippen LogP contribution is 2.21. The molecule has 0 fully saturated rings. The van der Waals surface area contributed by atoms with Crippen molar-refractivity contribution >= 4 is 5.65 Å². The molecule has 0 aliphatic heterocycles. The van der Waals surface area contributed by atoms with Gasteiger partial charge in [-0.1, -0.05) is 26.8 Å². The number of imidazole rings is 1. The normalized spacial score (nSPS) is 12.3. The SMILES string of the molecule is CC(C)(C)c1cn2cc(CN)ccc2n1. The maximum atomic E-state index is 5.60. The summed E-state index contributed by atoms with van der Waals surface area (Å²) < 4.78 is 2.04. The van der Waals surface area contributed by atoms with E-state index in [2.05, 4.69) is 32.0 Å². The van der Waals surface area contributed by atoms with Crippen molar-refractivity contribution in [1.29, 1.82) is 0 Å². The van der Waals surface area contributed by atoms with Gasteiger partial charge in [0.15, 0.2) is 0 Å². The average Bonchev–Trinajstić information content (AvgIpc) is 2.59. The molecule has 0 aromatic carbocycles. The molecule has 2 aromatic heterocycles. The minimum Gasteiger partial charge on any atom is -0.326 e. The molecule has 0 spiro atoms. The number of aromatic nitrogens is 2. The zero-order valence-corrected chi connectivity index (χ0v) is 9.49. The van der Waals surface area contributed by atoms with Crippen LogP contribution in [0.5, 0.6) is 0 Å². The van der Waals surface area contributed by atoms with Gasteiger partial charge < -0.3 is 10.1 Å². The molecule has 0 amide bonds. The molecular formula is C12H17N3. The smallest absolute Gasteiger partial charge is 0.137 e. The van der Waals surface area contributed by atoms with Crippen molar-refractivity contribution < 1.29 is 0 Å². The van der Waals surface area contributed by atoms with Gasteiger partial charge in [-0.15, -0.1) is 0 Å². The van der Waals surface area contributed by atoms with Gasteiger partial charge in [-0.2, -0.15) is 0 Å². The Morgan fingerprint density at radius 3 is 2.60 bits per heavy atom. The zero-order chi connectivity index (χ0) is 11.1. The fourth-order valence-corrected chi connectivity index (χ4v) is 1.52. The van der Waals surface area contributed by atoms with Crippen LogP contribution < -0.4 is 5.73 Å². The van der Waals surface area contributed by atoms with Gasteiger partial charge in [0.25, 0.3) is 0 Å². The molecule has 0 atom stereocenters. The maximum absolute atomic E-state index is 5.60. The highest BCUT2D eigenvalue weighted by molar-refractivity contribution is 5.42. The highest BCUT2D eigenvalue weighted by Gasteiger charge is 2.17. The van der Waals surface area contributed by atoms with Gasteiger partial charge >= 0.3 is 0 Å². The molecule has 15 heavy (non-hydrogen) atoms. The van der Waals surface area contributed by atoms with Gasteiger partial charge in [0.1, 0.15) is 5.65 Å². The number of nitrogens with zero attached hydrogens (tertiary/aromatic N) is 2. The molecule has 0 saturated heterocycles. The summed E-state index contributed by atoms with van der Waals surface area (Å²) in [5.74, 6) is 0. The largest absolute Gasteiger partial charge is 0.326 e. The lowest BCUT2D eigenvalue weighted by molar-refractivity contribution is 0.573. The maximum Gasteiger partial charge on any atom is 0.137 e. The lowest BCUT2D eigenvalue weighted by Gasteiger charge is -2.13. The van der Waals surface area contributed by atoms with Gasteiger partial charge in [-0.05, 0) is 11.6 Å². The van der Waals surface area contributed by atoms with Gasteiger partial charge in [0, 0.05) is 24.4 Å². The molecular weight excluding hydrogens is 186 g/mol. The quantitative estimate of drug-likeness (QED) is 0.771. The van der Waals surface area contributed by atoms with Crippen LogP contribution in [0.4, 0.5) is 0 Å². The summed E-state index contributed by atoms with van der Waals surface area (Å²) >= 11 is 0. The van der Waals surface area contributed by atoms with Crippen molar-refractivity contribution in [2.75, 3.05) is 0 Å². The molecule has 2 rings (SSSR count). The predicted octanol–water partition coefficient (Wildman–Crippen LogP) is 2.09. The van der Waals surface area contributed by atoms with E-state index in [9.17, 15) is 0 Å². The summed E-state index contributed by atoms with van der Waals surface area (Å²) in [6.07, 6.45) is 4.12. The zero-order valence-electron chi connectivity index (χ0n) is 9.49. The third-order valence-electron chi connectivity index (χ3n) is 2.52. The van der Waals surface area contributed by atoms with Crippen LogP contribution in [0, 0.1) is 0 Å². The summed E-state index contributed by atoms with van der Waals surface area (Å²) in [5.41, 5.74) is 8.91. The fourth-order valence-electron chi connectivity index (χ4n) is 1.52. The number of hydrogen-bond acceptors (Lipinski definition) is 2. The highest BCUT2D eigenvalue weighted by atomic mass is 15.0. The lowest BCUT2D eigenvalue weighted by Crippen LogP contribution is -2.11. The Labute approximate surface area is 89.9 Å². The molecule has 80 valence electrons. The first kappa shape index (κ1) is 10.2. The summed E-state index contributed by atoms with van der Waals surface area (Å²) in [7, 11) is 0. The third-order valence-corrected chi connectivity index (χ3v) is 2.52. The summed E-state index contributed by atoms with van der Waals surface area (Å²) in [4.78, 5) is 4.58. The minimum absolute atomic E-state index is 0.0922. The van der Waals surface area contributed by atoms with E-state index in [0.29, 0.717) is 6.54 Å². The van der Waals surface area contributed by atoms with Crippen LogP contribution in [0.25, 0.3) is 5.65 Å². The Bertz CT molecular complexity index is 477. The summed E-state index contributed by atoms with van der Waals surface area (Å²) in [6, 6.07) is 4.03. The molecule has 0 bridgehead atoms. The van der Waals surface area contributed by atoms with Crippen molar-refractivity contribution in [2.45, 2.75) is 32.7 Å². The third kappa shape index (κ3) is 1.88. The van der Waals surface area contributed by atoms with Crippen LogP contribution in [0.1, 0.15) is 32.0 Å². The average molecular weight is 203 g/mol. The monoisotopic (exact) mass is 203 g/mol. The summed E-state index contributed by atoms with van der Waals surface area (Å²) in [6.45, 7) is 7.06. The van der Waals surface area contributed by atoms with Crippen LogP contribution in [-0.2, 0) is 12.0 Å². The van der Waals surface area contributed by atoms with Gasteiger partial charge in [0.05, 0.1) is 5.69 Å². The Hall–Kier alpha value is -1.35. The molecule has 0 aliphatic rings. The number of fused-ring (bicyclic) bond motifs is 1. The van der Waals surface area contributed by atoms with E-state index in [1.165, 1.54) is 0 Å². The van der Waals surface area contributed by atoms with Crippen molar-refractivity contribution in [3.05, 3.63) is 35.8 Å². The number of pyridine rings is 1. The van der Waals surface area contributed by atoms with E-state index in [4.69, 9.17) is 5.73 Å². The van der Waals surface area contributed by atoms with Crippen molar-refractivity contribution in [3.8, 4) is 0 Å². The van der Waals surface area contributed by atoms with Crippen molar-refractivity contribution in [1.82, 2.24) is 9.38 Å². The fraction of sp³-hybridized carbons (Fsp3) is 0.417. The Balaban J connectivity index is 2.56. The van der Waals surface area contributed by atoms with E-state index in [1.54, 1.807) is 0 Å². The second kappa shape index (κ2) is 3.35.